The van der Waals surface area contributed by atoms with Crippen LogP contribution in [0.3, 0.4) is 0 Å². The molecule has 146 valence electrons. The zero-order chi connectivity index (χ0) is 20.6. The zero-order valence-corrected chi connectivity index (χ0v) is 15.3. The van der Waals surface area contributed by atoms with Crippen molar-refractivity contribution < 1.29 is 18.0 Å². The van der Waals surface area contributed by atoms with Crippen LogP contribution in [0.5, 0.6) is 0 Å². The monoisotopic (exact) mass is 416 g/mol. The van der Waals surface area contributed by atoms with Crippen molar-refractivity contribution in [3.63, 3.8) is 0 Å². The molecular weight excluding hydrogens is 405 g/mol. The van der Waals surface area contributed by atoms with Crippen LogP contribution in [0, 0.1) is 0 Å². The maximum Gasteiger partial charge on any atom is 0.416 e. The highest BCUT2D eigenvalue weighted by Crippen LogP contribution is 2.32. The lowest BCUT2D eigenvalue weighted by Gasteiger charge is -2.11. The molecule has 0 saturated heterocycles. The summed E-state index contributed by atoms with van der Waals surface area (Å²) in [5, 5.41) is 4.79. The van der Waals surface area contributed by atoms with Crippen molar-refractivity contribution in [2.24, 2.45) is 0 Å². The summed E-state index contributed by atoms with van der Waals surface area (Å²) in [7, 11) is 0. The molecule has 4 aromatic rings. The van der Waals surface area contributed by atoms with E-state index in [0.717, 1.165) is 12.1 Å². The number of thiazole rings is 1. The van der Waals surface area contributed by atoms with Gasteiger partial charge in [-0.15, -0.1) is 11.3 Å². The lowest BCUT2D eigenvalue weighted by Crippen LogP contribution is -2.15. The van der Waals surface area contributed by atoms with Crippen LogP contribution in [-0.2, 0) is 6.18 Å². The number of benzene rings is 1. The molecule has 3 heterocycles. The third kappa shape index (κ3) is 3.74. The molecule has 10 heteroatoms. The molecule has 0 fully saturated rings. The Balaban J connectivity index is 1.84. The standard InChI is InChI=1S/C19H11F3N4O2S/c20-19(21,22)11-3-1-2-10(6-11)14-7-15(27)12-8-23-9-13(16(12)25-14)17(28)26-18-24-4-5-29-18/h1-9H,(H,25,27)(H,24,26,28). The number of halogens is 3. The van der Waals surface area contributed by atoms with Gasteiger partial charge in [0.15, 0.2) is 10.6 Å². The van der Waals surface area contributed by atoms with Gasteiger partial charge in [0.25, 0.3) is 5.91 Å². The number of hydrogen-bond donors (Lipinski definition) is 2. The second-order valence-corrected chi connectivity index (χ2v) is 6.92. The van der Waals surface area contributed by atoms with Crippen molar-refractivity contribution >= 4 is 33.3 Å². The summed E-state index contributed by atoms with van der Waals surface area (Å²) in [6.45, 7) is 0. The molecule has 29 heavy (non-hydrogen) atoms. The molecule has 0 spiro atoms. The number of H-pyrrole nitrogens is 1. The minimum atomic E-state index is -4.52. The van der Waals surface area contributed by atoms with E-state index in [4.69, 9.17) is 0 Å². The second-order valence-electron chi connectivity index (χ2n) is 6.03. The number of rotatable bonds is 3. The molecular formula is C19H11F3N4O2S. The average Bonchev–Trinajstić information content (AvgIpc) is 3.20. The van der Waals surface area contributed by atoms with Gasteiger partial charge in [-0.1, -0.05) is 12.1 Å². The number of aromatic amines is 1. The Kier molecular flexibility index (Phi) is 4.63. The lowest BCUT2D eigenvalue weighted by molar-refractivity contribution is -0.137. The van der Waals surface area contributed by atoms with Crippen LogP contribution in [0.2, 0.25) is 0 Å². The number of hydrogen-bond acceptors (Lipinski definition) is 5. The quantitative estimate of drug-likeness (QED) is 0.521. The van der Waals surface area contributed by atoms with E-state index >= 15 is 0 Å². The van der Waals surface area contributed by atoms with E-state index in [2.05, 4.69) is 20.3 Å². The lowest BCUT2D eigenvalue weighted by atomic mass is 10.1. The van der Waals surface area contributed by atoms with Gasteiger partial charge in [0.05, 0.1) is 22.0 Å². The predicted octanol–water partition coefficient (Wildman–Crippen LogP) is 4.32. The van der Waals surface area contributed by atoms with Gasteiger partial charge in [0.2, 0.25) is 0 Å². The molecule has 0 bridgehead atoms. The highest BCUT2D eigenvalue weighted by molar-refractivity contribution is 7.13. The number of nitrogens with zero attached hydrogens (tertiary/aromatic N) is 2. The van der Waals surface area contributed by atoms with Crippen LogP contribution in [0.25, 0.3) is 22.2 Å². The Labute approximate surface area is 165 Å². The van der Waals surface area contributed by atoms with Crippen LogP contribution < -0.4 is 10.7 Å². The molecule has 3 aromatic heterocycles. The molecule has 0 aliphatic rings. The molecule has 0 unspecified atom stereocenters. The molecule has 2 N–H and O–H groups in total. The molecule has 0 saturated carbocycles. The fraction of sp³-hybridized carbons (Fsp3) is 0.0526. The van der Waals surface area contributed by atoms with Crippen LogP contribution >= 0.6 is 11.3 Å². The highest BCUT2D eigenvalue weighted by Gasteiger charge is 2.30. The Hall–Kier alpha value is -3.53. The van der Waals surface area contributed by atoms with Gasteiger partial charge in [0.1, 0.15) is 0 Å². The van der Waals surface area contributed by atoms with Gasteiger partial charge in [-0.2, -0.15) is 13.2 Å². The third-order valence-electron chi connectivity index (χ3n) is 4.14. The minimum Gasteiger partial charge on any atom is -0.354 e. The number of alkyl halides is 3. The maximum atomic E-state index is 13.0. The van der Waals surface area contributed by atoms with E-state index in [-0.39, 0.29) is 27.7 Å². The normalized spacial score (nSPS) is 11.6. The van der Waals surface area contributed by atoms with E-state index in [9.17, 15) is 22.8 Å². The fourth-order valence-electron chi connectivity index (χ4n) is 2.80. The number of nitrogens with one attached hydrogen (secondary N) is 2. The number of fused-ring (bicyclic) bond motifs is 1. The highest BCUT2D eigenvalue weighted by atomic mass is 32.1. The summed E-state index contributed by atoms with van der Waals surface area (Å²) in [6.07, 6.45) is -0.424. The molecule has 4 rings (SSSR count). The first-order valence-corrected chi connectivity index (χ1v) is 9.10. The molecule has 1 amide bonds. The SMILES string of the molecule is O=C(Nc1nccs1)c1cncc2c(=O)cc(-c3cccc(C(F)(F)F)c3)[nH]c12. The fourth-order valence-corrected chi connectivity index (χ4v) is 3.33. The number of carbonyl (C=O) groups is 1. The van der Waals surface area contributed by atoms with Gasteiger partial charge >= 0.3 is 6.18 Å². The Morgan fingerprint density at radius 2 is 2.00 bits per heavy atom. The Bertz CT molecular complexity index is 1270. The maximum absolute atomic E-state index is 13.0. The molecule has 0 aliphatic heterocycles. The Morgan fingerprint density at radius 3 is 2.72 bits per heavy atom. The van der Waals surface area contributed by atoms with E-state index in [0.29, 0.717) is 5.13 Å². The van der Waals surface area contributed by atoms with Crippen molar-refractivity contribution in [3.8, 4) is 11.3 Å². The van der Waals surface area contributed by atoms with Crippen LogP contribution in [0.1, 0.15) is 15.9 Å². The molecule has 0 atom stereocenters. The average molecular weight is 416 g/mol. The minimum absolute atomic E-state index is 0.0728. The number of carbonyl (C=O) groups excluding carboxylic acids is 1. The summed E-state index contributed by atoms with van der Waals surface area (Å²) in [5.74, 6) is -0.546. The second kappa shape index (κ2) is 7.13. The number of aromatic nitrogens is 3. The van der Waals surface area contributed by atoms with Crippen LogP contribution in [0.4, 0.5) is 18.3 Å². The van der Waals surface area contributed by atoms with Crippen molar-refractivity contribution in [3.05, 3.63) is 75.7 Å². The molecule has 1 aromatic carbocycles. The van der Waals surface area contributed by atoms with Crippen molar-refractivity contribution in [2.45, 2.75) is 6.18 Å². The van der Waals surface area contributed by atoms with Gasteiger partial charge in [-0.3, -0.25) is 19.9 Å². The van der Waals surface area contributed by atoms with E-state index in [1.54, 1.807) is 5.38 Å². The van der Waals surface area contributed by atoms with E-state index in [1.165, 1.54) is 48.1 Å². The van der Waals surface area contributed by atoms with Crippen LogP contribution in [0.15, 0.2) is 59.1 Å². The summed E-state index contributed by atoms with van der Waals surface area (Å²) >= 11 is 1.22. The predicted molar refractivity (Wildman–Crippen MR) is 103 cm³/mol. The molecule has 0 radical (unpaired) electrons. The number of anilines is 1. The van der Waals surface area contributed by atoms with Crippen LogP contribution in [-0.4, -0.2) is 20.9 Å². The van der Waals surface area contributed by atoms with Crippen molar-refractivity contribution in [1.29, 1.82) is 0 Å². The summed E-state index contributed by atoms with van der Waals surface area (Å²) in [5.41, 5.74) is -0.738. The van der Waals surface area contributed by atoms with E-state index < -0.39 is 23.1 Å². The van der Waals surface area contributed by atoms with Crippen molar-refractivity contribution in [2.75, 3.05) is 5.32 Å². The van der Waals surface area contributed by atoms with Gasteiger partial charge in [-0.25, -0.2) is 4.98 Å². The Morgan fingerprint density at radius 1 is 1.17 bits per heavy atom. The topological polar surface area (TPSA) is 87.7 Å². The van der Waals surface area contributed by atoms with Gasteiger partial charge in [-0.05, 0) is 17.7 Å². The first kappa shape index (κ1) is 18.8. The zero-order valence-electron chi connectivity index (χ0n) is 14.4. The van der Waals surface area contributed by atoms with Gasteiger partial charge < -0.3 is 4.98 Å². The number of amides is 1. The summed E-state index contributed by atoms with van der Waals surface area (Å²) < 4.78 is 39.1. The number of pyridine rings is 2. The summed E-state index contributed by atoms with van der Waals surface area (Å²) in [6, 6.07) is 5.77. The first-order valence-electron chi connectivity index (χ1n) is 8.22. The first-order chi connectivity index (χ1) is 13.8. The third-order valence-corrected chi connectivity index (χ3v) is 4.83. The molecule has 6 nitrogen and oxygen atoms in total. The molecule has 0 aliphatic carbocycles. The largest absolute Gasteiger partial charge is 0.416 e. The van der Waals surface area contributed by atoms with Crippen molar-refractivity contribution in [1.82, 2.24) is 15.0 Å². The summed E-state index contributed by atoms with van der Waals surface area (Å²) in [4.78, 5) is 35.9. The smallest absolute Gasteiger partial charge is 0.354 e. The van der Waals surface area contributed by atoms with Gasteiger partial charge in [0, 0.05) is 35.7 Å². The van der Waals surface area contributed by atoms with E-state index in [1.807, 2.05) is 0 Å².